The molecule has 0 spiro atoms. The molecule has 0 amide bonds. The Balaban J connectivity index is 1.37. The van der Waals surface area contributed by atoms with Crippen molar-refractivity contribution in [2.24, 2.45) is 0 Å². The molecule has 2 aliphatic rings. The standard InChI is InChI=1S/C42H25NS/c1-2-12-26(13-3-1)43(36-23-11-25-38-42(36)32-16-6-7-24-37(32)44-38)35-22-10-21-34-40-29-17-8-18-30(40)31-19-9-20-33(41(34)35)39(31)28-15-5-4-14-27(28)29/h1-25H. The number of para-hydroxylation sites is 1. The zero-order chi connectivity index (χ0) is 28.8. The van der Waals surface area contributed by atoms with Crippen LogP contribution in [-0.2, 0) is 0 Å². The lowest BCUT2D eigenvalue weighted by atomic mass is 9.82. The molecule has 2 aliphatic carbocycles. The maximum Gasteiger partial charge on any atom is 0.0555 e. The molecule has 204 valence electrons. The number of nitrogens with zero attached hydrogens (tertiary/aromatic N) is 1. The lowest BCUT2D eigenvalue weighted by molar-refractivity contribution is 1.30. The molecule has 44 heavy (non-hydrogen) atoms. The van der Waals surface area contributed by atoms with E-state index in [4.69, 9.17) is 0 Å². The van der Waals surface area contributed by atoms with Crippen molar-refractivity contribution in [3.63, 3.8) is 0 Å². The van der Waals surface area contributed by atoms with Gasteiger partial charge in [-0.2, -0.15) is 0 Å². The van der Waals surface area contributed by atoms with E-state index >= 15 is 0 Å². The predicted molar refractivity (Wildman–Crippen MR) is 188 cm³/mol. The maximum atomic E-state index is 2.50. The van der Waals surface area contributed by atoms with E-state index in [2.05, 4.69) is 157 Å². The van der Waals surface area contributed by atoms with Crippen LogP contribution in [0.4, 0.5) is 17.1 Å². The van der Waals surface area contributed by atoms with Crippen molar-refractivity contribution in [2.45, 2.75) is 0 Å². The highest BCUT2D eigenvalue weighted by Gasteiger charge is 2.33. The second-order valence-corrected chi connectivity index (χ2v) is 12.7. The number of thiophene rings is 1. The third kappa shape index (κ3) is 3.18. The summed E-state index contributed by atoms with van der Waals surface area (Å²) < 4.78 is 2.62. The van der Waals surface area contributed by atoms with Crippen LogP contribution < -0.4 is 4.90 Å². The maximum absolute atomic E-state index is 2.50. The van der Waals surface area contributed by atoms with Crippen LogP contribution in [0.3, 0.4) is 0 Å². The SMILES string of the molecule is c1ccc(N(c2cccc3c2-c2cccc4c2-c2ccccc2-c2cccc-4c2-3)c2cccc3sc4ccccc4c23)cc1. The molecule has 1 aromatic heterocycles. The fourth-order valence-corrected chi connectivity index (χ4v) is 8.77. The van der Waals surface area contributed by atoms with Crippen LogP contribution in [-0.4, -0.2) is 0 Å². The highest BCUT2D eigenvalue weighted by atomic mass is 32.1. The van der Waals surface area contributed by atoms with Gasteiger partial charge >= 0.3 is 0 Å². The first-order chi connectivity index (χ1) is 21.9. The zero-order valence-corrected chi connectivity index (χ0v) is 24.6. The van der Waals surface area contributed by atoms with Crippen molar-refractivity contribution >= 4 is 48.6 Å². The van der Waals surface area contributed by atoms with E-state index in [1.54, 1.807) is 0 Å². The van der Waals surface area contributed by atoms with Crippen LogP contribution in [0.15, 0.2) is 152 Å². The molecule has 0 saturated heterocycles. The number of benzene rings is 7. The van der Waals surface area contributed by atoms with E-state index < -0.39 is 0 Å². The number of anilines is 3. The largest absolute Gasteiger partial charge is 0.309 e. The summed E-state index contributed by atoms with van der Waals surface area (Å²) in [5.41, 5.74) is 16.6. The Morgan fingerprint density at radius 3 is 1.68 bits per heavy atom. The average molecular weight is 576 g/mol. The molecule has 8 aromatic rings. The van der Waals surface area contributed by atoms with Crippen LogP contribution in [0, 0.1) is 0 Å². The number of hydrogen-bond donors (Lipinski definition) is 0. The van der Waals surface area contributed by atoms with Crippen molar-refractivity contribution < 1.29 is 0 Å². The minimum absolute atomic E-state index is 1.15. The molecular weight excluding hydrogens is 551 g/mol. The van der Waals surface area contributed by atoms with Gasteiger partial charge in [0.05, 0.1) is 11.4 Å². The highest BCUT2D eigenvalue weighted by Crippen LogP contribution is 2.59. The molecular formula is C42H25NS. The van der Waals surface area contributed by atoms with Crippen molar-refractivity contribution in [1.29, 1.82) is 0 Å². The van der Waals surface area contributed by atoms with Crippen LogP contribution in [0.1, 0.15) is 0 Å². The Bertz CT molecular complexity index is 2420. The summed E-state index contributed by atoms with van der Waals surface area (Å²) in [4.78, 5) is 2.50. The molecule has 0 fully saturated rings. The Kier molecular flexibility index (Phi) is 4.94. The zero-order valence-electron chi connectivity index (χ0n) is 23.8. The van der Waals surface area contributed by atoms with Crippen molar-refractivity contribution in [3.05, 3.63) is 152 Å². The topological polar surface area (TPSA) is 3.24 Å². The summed E-state index contributed by atoms with van der Waals surface area (Å²) in [6, 6.07) is 56.0. The van der Waals surface area contributed by atoms with Gasteiger partial charge in [0, 0.05) is 31.4 Å². The van der Waals surface area contributed by atoms with Gasteiger partial charge in [-0.3, -0.25) is 0 Å². The van der Waals surface area contributed by atoms with Crippen molar-refractivity contribution in [2.75, 3.05) is 4.90 Å². The van der Waals surface area contributed by atoms with E-state index in [1.807, 2.05) is 11.3 Å². The lowest BCUT2D eigenvalue weighted by Crippen LogP contribution is -2.12. The van der Waals surface area contributed by atoms with Gasteiger partial charge in [-0.1, -0.05) is 115 Å². The van der Waals surface area contributed by atoms with E-state index in [1.165, 1.54) is 87.2 Å². The van der Waals surface area contributed by atoms with Gasteiger partial charge in [-0.25, -0.2) is 0 Å². The summed E-state index contributed by atoms with van der Waals surface area (Å²) in [6.07, 6.45) is 0. The van der Waals surface area contributed by atoms with Crippen LogP contribution in [0.25, 0.3) is 75.8 Å². The summed E-state index contributed by atoms with van der Waals surface area (Å²) in [5, 5.41) is 2.60. The Morgan fingerprint density at radius 1 is 0.341 bits per heavy atom. The third-order valence-corrected chi connectivity index (χ3v) is 10.5. The fraction of sp³-hybridized carbons (Fsp3) is 0. The molecule has 1 nitrogen and oxygen atoms in total. The Hall–Kier alpha value is -5.44. The Labute approximate surface area is 259 Å². The van der Waals surface area contributed by atoms with Crippen molar-refractivity contribution in [1.82, 2.24) is 0 Å². The fourth-order valence-electron chi connectivity index (χ4n) is 7.65. The summed E-state index contributed by atoms with van der Waals surface area (Å²) in [5.74, 6) is 0. The van der Waals surface area contributed by atoms with Gasteiger partial charge in [0.25, 0.3) is 0 Å². The van der Waals surface area contributed by atoms with Crippen LogP contribution in [0.2, 0.25) is 0 Å². The molecule has 0 aliphatic heterocycles. The second kappa shape index (κ2) is 9.03. The van der Waals surface area contributed by atoms with Crippen LogP contribution >= 0.6 is 11.3 Å². The predicted octanol–water partition coefficient (Wildman–Crippen LogP) is 12.5. The van der Waals surface area contributed by atoms with Gasteiger partial charge in [0.2, 0.25) is 0 Å². The molecule has 10 rings (SSSR count). The number of fused-ring (bicyclic) bond motifs is 7. The first kappa shape index (κ1) is 24.0. The summed E-state index contributed by atoms with van der Waals surface area (Å²) in [7, 11) is 0. The Morgan fingerprint density at radius 2 is 0.864 bits per heavy atom. The molecule has 2 heteroatoms. The minimum atomic E-state index is 1.15. The monoisotopic (exact) mass is 575 g/mol. The minimum Gasteiger partial charge on any atom is -0.309 e. The van der Waals surface area contributed by atoms with E-state index in [0.717, 1.165) is 5.69 Å². The van der Waals surface area contributed by atoms with Crippen molar-refractivity contribution in [3.8, 4) is 55.6 Å². The van der Waals surface area contributed by atoms with E-state index in [-0.39, 0.29) is 0 Å². The van der Waals surface area contributed by atoms with Gasteiger partial charge in [-0.15, -0.1) is 11.3 Å². The first-order valence-electron chi connectivity index (χ1n) is 15.1. The number of rotatable bonds is 3. The van der Waals surface area contributed by atoms with Gasteiger partial charge in [-0.05, 0) is 86.5 Å². The third-order valence-electron chi connectivity index (χ3n) is 9.36. The van der Waals surface area contributed by atoms with Gasteiger partial charge in [0.1, 0.15) is 0 Å². The molecule has 0 atom stereocenters. The van der Waals surface area contributed by atoms with Gasteiger partial charge in [0.15, 0.2) is 0 Å². The van der Waals surface area contributed by atoms with E-state index in [9.17, 15) is 0 Å². The number of hydrogen-bond acceptors (Lipinski definition) is 2. The molecule has 7 aromatic carbocycles. The summed E-state index contributed by atoms with van der Waals surface area (Å²) in [6.45, 7) is 0. The van der Waals surface area contributed by atoms with Gasteiger partial charge < -0.3 is 4.90 Å². The highest BCUT2D eigenvalue weighted by molar-refractivity contribution is 7.26. The quantitative estimate of drug-likeness (QED) is 0.202. The molecule has 1 heterocycles. The molecule has 0 N–H and O–H groups in total. The molecule has 6 bridgehead atoms. The molecule has 0 saturated carbocycles. The van der Waals surface area contributed by atoms with E-state index in [0.29, 0.717) is 0 Å². The molecule has 0 unspecified atom stereocenters. The second-order valence-electron chi connectivity index (χ2n) is 11.6. The smallest absolute Gasteiger partial charge is 0.0555 e. The normalized spacial score (nSPS) is 12.1. The lowest BCUT2D eigenvalue weighted by Gasteiger charge is -2.31. The first-order valence-corrected chi connectivity index (χ1v) is 15.9. The average Bonchev–Trinajstić information content (AvgIpc) is 3.42. The van der Waals surface area contributed by atoms with Crippen LogP contribution in [0.5, 0.6) is 0 Å². The molecule has 0 radical (unpaired) electrons. The summed E-state index contributed by atoms with van der Waals surface area (Å²) >= 11 is 1.87.